The number of aryl methyl sites for hydroxylation is 1. The van der Waals surface area contributed by atoms with Crippen LogP contribution in [-0.4, -0.2) is 29.5 Å². The summed E-state index contributed by atoms with van der Waals surface area (Å²) in [4.78, 5) is 21.4. The minimum atomic E-state index is -0.0907. The van der Waals surface area contributed by atoms with E-state index in [9.17, 15) is 4.79 Å². The van der Waals surface area contributed by atoms with E-state index in [4.69, 9.17) is 0 Å². The van der Waals surface area contributed by atoms with E-state index in [1.54, 1.807) is 24.5 Å². The quantitative estimate of drug-likeness (QED) is 0.756. The Bertz CT molecular complexity index is 843. The Labute approximate surface area is 138 Å². The van der Waals surface area contributed by atoms with Crippen molar-refractivity contribution >= 4 is 34.0 Å². The SMILES string of the molecule is CNc1cc(C(=O)NCCc2csc(C)n2)c2ccccc2n1. The molecule has 2 N–H and O–H groups in total. The number of nitrogens with zero attached hydrogens (tertiary/aromatic N) is 2. The summed E-state index contributed by atoms with van der Waals surface area (Å²) in [6.45, 7) is 2.54. The monoisotopic (exact) mass is 326 g/mol. The number of aromatic nitrogens is 2. The third-order valence-electron chi connectivity index (χ3n) is 3.55. The van der Waals surface area contributed by atoms with Gasteiger partial charge in [-0.05, 0) is 19.1 Å². The van der Waals surface area contributed by atoms with Crippen molar-refractivity contribution in [1.29, 1.82) is 0 Å². The van der Waals surface area contributed by atoms with Crippen LogP contribution in [0.2, 0.25) is 0 Å². The Hall–Kier alpha value is -2.47. The van der Waals surface area contributed by atoms with Gasteiger partial charge in [0.05, 0.1) is 21.8 Å². The van der Waals surface area contributed by atoms with Crippen molar-refractivity contribution in [2.75, 3.05) is 18.9 Å². The predicted molar refractivity (Wildman–Crippen MR) is 94.2 cm³/mol. The van der Waals surface area contributed by atoms with Crippen LogP contribution in [0.5, 0.6) is 0 Å². The Kier molecular flexibility index (Phi) is 4.52. The number of anilines is 1. The number of thiazole rings is 1. The van der Waals surface area contributed by atoms with Crippen LogP contribution in [0.3, 0.4) is 0 Å². The fourth-order valence-corrected chi connectivity index (χ4v) is 3.06. The molecule has 2 aromatic heterocycles. The molecule has 0 spiro atoms. The van der Waals surface area contributed by atoms with E-state index in [0.717, 1.165) is 28.0 Å². The lowest BCUT2D eigenvalue weighted by molar-refractivity contribution is 0.0955. The van der Waals surface area contributed by atoms with Crippen LogP contribution in [0.25, 0.3) is 10.9 Å². The summed E-state index contributed by atoms with van der Waals surface area (Å²) in [5.41, 5.74) is 2.46. The molecule has 1 amide bonds. The third kappa shape index (κ3) is 3.48. The maximum Gasteiger partial charge on any atom is 0.252 e. The molecule has 0 atom stereocenters. The van der Waals surface area contributed by atoms with Crippen LogP contribution in [0.15, 0.2) is 35.7 Å². The molecule has 0 saturated carbocycles. The molecule has 0 radical (unpaired) electrons. The summed E-state index contributed by atoms with van der Waals surface area (Å²) in [6, 6.07) is 9.44. The molecule has 3 aromatic rings. The first kappa shape index (κ1) is 15.4. The molecule has 23 heavy (non-hydrogen) atoms. The van der Waals surface area contributed by atoms with E-state index in [2.05, 4.69) is 20.6 Å². The molecule has 0 aliphatic rings. The second-order valence-corrected chi connectivity index (χ2v) is 6.25. The fourth-order valence-electron chi connectivity index (χ4n) is 2.41. The maximum atomic E-state index is 12.5. The zero-order valence-corrected chi connectivity index (χ0v) is 13.9. The van der Waals surface area contributed by atoms with E-state index in [0.29, 0.717) is 17.9 Å². The molecule has 0 saturated heterocycles. The number of para-hydroxylation sites is 1. The van der Waals surface area contributed by atoms with Gasteiger partial charge in [0.2, 0.25) is 0 Å². The standard InChI is InChI=1S/C17H18N4OS/c1-11-20-12(10-23-11)7-8-19-17(22)14-9-16(18-2)21-15-6-4-3-5-13(14)15/h3-6,9-10H,7-8H2,1-2H3,(H,18,21)(H,19,22). The number of carbonyl (C=O) groups excluding carboxylic acids is 1. The topological polar surface area (TPSA) is 66.9 Å². The Morgan fingerprint density at radius 3 is 2.83 bits per heavy atom. The summed E-state index contributed by atoms with van der Waals surface area (Å²) in [5.74, 6) is 0.594. The third-order valence-corrected chi connectivity index (χ3v) is 4.37. The van der Waals surface area contributed by atoms with Crippen LogP contribution in [0.4, 0.5) is 5.82 Å². The van der Waals surface area contributed by atoms with Crippen molar-refractivity contribution in [1.82, 2.24) is 15.3 Å². The van der Waals surface area contributed by atoms with Crippen molar-refractivity contribution in [2.24, 2.45) is 0 Å². The zero-order valence-electron chi connectivity index (χ0n) is 13.1. The highest BCUT2D eigenvalue weighted by Gasteiger charge is 2.12. The number of fused-ring (bicyclic) bond motifs is 1. The highest BCUT2D eigenvalue weighted by atomic mass is 32.1. The van der Waals surface area contributed by atoms with E-state index < -0.39 is 0 Å². The molecular formula is C17H18N4OS. The lowest BCUT2D eigenvalue weighted by Gasteiger charge is -2.09. The lowest BCUT2D eigenvalue weighted by atomic mass is 10.1. The first-order valence-electron chi connectivity index (χ1n) is 7.44. The lowest BCUT2D eigenvalue weighted by Crippen LogP contribution is -2.26. The molecule has 0 bridgehead atoms. The van der Waals surface area contributed by atoms with Gasteiger partial charge in [-0.25, -0.2) is 9.97 Å². The molecule has 1 aromatic carbocycles. The Morgan fingerprint density at radius 1 is 1.26 bits per heavy atom. The predicted octanol–water partition coefficient (Wildman–Crippen LogP) is 3.01. The number of pyridine rings is 1. The average Bonchev–Trinajstić information content (AvgIpc) is 2.99. The molecular weight excluding hydrogens is 308 g/mol. The minimum absolute atomic E-state index is 0.0907. The van der Waals surface area contributed by atoms with Crippen LogP contribution in [0.1, 0.15) is 21.1 Å². The molecule has 6 heteroatoms. The van der Waals surface area contributed by atoms with Crippen molar-refractivity contribution < 1.29 is 4.79 Å². The second-order valence-electron chi connectivity index (χ2n) is 5.19. The van der Waals surface area contributed by atoms with Gasteiger partial charge in [0, 0.05) is 30.8 Å². The fraction of sp³-hybridized carbons (Fsp3) is 0.235. The second kappa shape index (κ2) is 6.75. The molecule has 0 fully saturated rings. The number of benzene rings is 1. The summed E-state index contributed by atoms with van der Waals surface area (Å²) >= 11 is 1.63. The van der Waals surface area contributed by atoms with Gasteiger partial charge < -0.3 is 10.6 Å². The molecule has 118 valence electrons. The van der Waals surface area contributed by atoms with Gasteiger partial charge in [-0.2, -0.15) is 0 Å². The van der Waals surface area contributed by atoms with Gasteiger partial charge >= 0.3 is 0 Å². The number of hydrogen-bond donors (Lipinski definition) is 2. The van der Waals surface area contributed by atoms with Crippen LogP contribution in [-0.2, 0) is 6.42 Å². The smallest absolute Gasteiger partial charge is 0.252 e. The van der Waals surface area contributed by atoms with Crippen molar-refractivity contribution in [2.45, 2.75) is 13.3 Å². The molecule has 5 nitrogen and oxygen atoms in total. The molecule has 0 aliphatic heterocycles. The molecule has 2 heterocycles. The summed E-state index contributed by atoms with van der Waals surface area (Å²) < 4.78 is 0. The molecule has 0 unspecified atom stereocenters. The normalized spacial score (nSPS) is 10.7. The van der Waals surface area contributed by atoms with E-state index in [-0.39, 0.29) is 5.91 Å². The number of rotatable bonds is 5. The minimum Gasteiger partial charge on any atom is -0.373 e. The van der Waals surface area contributed by atoms with Gasteiger partial charge in [-0.15, -0.1) is 11.3 Å². The Morgan fingerprint density at radius 2 is 2.09 bits per heavy atom. The first-order chi connectivity index (χ1) is 11.2. The zero-order chi connectivity index (χ0) is 16.2. The summed E-state index contributed by atoms with van der Waals surface area (Å²) in [7, 11) is 1.80. The molecule has 3 rings (SSSR count). The first-order valence-corrected chi connectivity index (χ1v) is 8.32. The van der Waals surface area contributed by atoms with Crippen molar-refractivity contribution in [3.63, 3.8) is 0 Å². The van der Waals surface area contributed by atoms with Gasteiger partial charge in [0.1, 0.15) is 5.82 Å². The van der Waals surface area contributed by atoms with Crippen LogP contribution >= 0.6 is 11.3 Å². The van der Waals surface area contributed by atoms with E-state index in [1.807, 2.05) is 36.6 Å². The van der Waals surface area contributed by atoms with Gasteiger partial charge in [-0.3, -0.25) is 4.79 Å². The van der Waals surface area contributed by atoms with Gasteiger partial charge in [0.15, 0.2) is 0 Å². The number of carbonyl (C=O) groups is 1. The highest BCUT2D eigenvalue weighted by Crippen LogP contribution is 2.20. The Balaban J connectivity index is 1.77. The number of amides is 1. The van der Waals surface area contributed by atoms with Crippen LogP contribution < -0.4 is 10.6 Å². The summed E-state index contributed by atoms with van der Waals surface area (Å²) in [5, 5.41) is 9.90. The molecule has 0 aliphatic carbocycles. The van der Waals surface area contributed by atoms with E-state index >= 15 is 0 Å². The number of nitrogens with one attached hydrogen (secondary N) is 2. The highest BCUT2D eigenvalue weighted by molar-refractivity contribution is 7.09. The van der Waals surface area contributed by atoms with E-state index in [1.165, 1.54) is 0 Å². The van der Waals surface area contributed by atoms with Gasteiger partial charge in [-0.1, -0.05) is 18.2 Å². The number of hydrogen-bond acceptors (Lipinski definition) is 5. The maximum absolute atomic E-state index is 12.5. The largest absolute Gasteiger partial charge is 0.373 e. The van der Waals surface area contributed by atoms with Gasteiger partial charge in [0.25, 0.3) is 5.91 Å². The van der Waals surface area contributed by atoms with Crippen molar-refractivity contribution in [3.8, 4) is 0 Å². The average molecular weight is 326 g/mol. The van der Waals surface area contributed by atoms with Crippen molar-refractivity contribution in [3.05, 3.63) is 52.0 Å². The summed E-state index contributed by atoms with van der Waals surface area (Å²) in [6.07, 6.45) is 0.734. The van der Waals surface area contributed by atoms with Crippen LogP contribution in [0, 0.1) is 6.92 Å².